The highest BCUT2D eigenvalue weighted by Crippen LogP contribution is 2.24. The topological polar surface area (TPSA) is 88.2 Å². The zero-order chi connectivity index (χ0) is 14.0. The molecule has 0 amide bonds. The third-order valence-corrected chi connectivity index (χ3v) is 2.77. The van der Waals surface area contributed by atoms with Crippen LogP contribution in [0.4, 0.5) is 17.1 Å². The minimum Gasteiger partial charge on any atom is -0.478 e. The van der Waals surface area contributed by atoms with Crippen LogP contribution in [0.25, 0.3) is 0 Å². The Morgan fingerprint density at radius 3 is 2.53 bits per heavy atom. The lowest BCUT2D eigenvalue weighted by Gasteiger charge is -2.12. The number of benzene rings is 1. The van der Waals surface area contributed by atoms with Crippen molar-refractivity contribution in [1.82, 2.24) is 4.98 Å². The number of aromatic carboxylic acids is 1. The fourth-order valence-corrected chi connectivity index (χ4v) is 1.81. The van der Waals surface area contributed by atoms with Gasteiger partial charge in [-0.2, -0.15) is 0 Å². The number of hydrogen-bond acceptors (Lipinski definition) is 4. The quantitative estimate of drug-likeness (QED) is 0.736. The van der Waals surface area contributed by atoms with Gasteiger partial charge in [-0.3, -0.25) is 4.98 Å². The van der Waals surface area contributed by atoms with Gasteiger partial charge in [0.2, 0.25) is 0 Å². The molecule has 1 aromatic heterocycles. The van der Waals surface area contributed by atoms with Gasteiger partial charge in [-0.1, -0.05) is 0 Å². The maximum atomic E-state index is 11.2. The second kappa shape index (κ2) is 4.97. The number of nitrogens with one attached hydrogen (secondary N) is 1. The van der Waals surface area contributed by atoms with Crippen LogP contribution in [-0.2, 0) is 0 Å². The van der Waals surface area contributed by atoms with Gasteiger partial charge in [0.05, 0.1) is 22.6 Å². The van der Waals surface area contributed by atoms with E-state index in [1.807, 2.05) is 26.0 Å². The summed E-state index contributed by atoms with van der Waals surface area (Å²) in [4.78, 5) is 15.5. The van der Waals surface area contributed by atoms with Crippen molar-refractivity contribution in [3.63, 3.8) is 0 Å². The van der Waals surface area contributed by atoms with Crippen molar-refractivity contribution >= 4 is 23.0 Å². The minimum absolute atomic E-state index is 0.139. The smallest absolute Gasteiger partial charge is 0.337 e. The molecule has 1 heterocycles. The van der Waals surface area contributed by atoms with E-state index in [0.717, 1.165) is 17.1 Å². The van der Waals surface area contributed by atoms with Crippen molar-refractivity contribution in [2.75, 3.05) is 11.1 Å². The Bertz CT molecular complexity index is 639. The molecular weight excluding hydrogens is 242 g/mol. The number of pyridine rings is 1. The summed E-state index contributed by atoms with van der Waals surface area (Å²) in [5.74, 6) is -1.02. The average Bonchev–Trinajstić information content (AvgIpc) is 2.34. The van der Waals surface area contributed by atoms with Crippen LogP contribution in [0.2, 0.25) is 0 Å². The first-order valence-corrected chi connectivity index (χ1v) is 5.81. The Morgan fingerprint density at radius 1 is 1.21 bits per heavy atom. The van der Waals surface area contributed by atoms with Gasteiger partial charge in [-0.15, -0.1) is 0 Å². The second-order valence-electron chi connectivity index (χ2n) is 4.32. The van der Waals surface area contributed by atoms with Crippen molar-refractivity contribution < 1.29 is 9.90 Å². The SMILES string of the molecule is Cc1ccc(Nc2ccc(N)cc2C(=O)O)c(C)n1. The first kappa shape index (κ1) is 12.9. The Labute approximate surface area is 111 Å². The molecular formula is C14H15N3O2. The summed E-state index contributed by atoms with van der Waals surface area (Å²) in [6.45, 7) is 3.77. The zero-order valence-corrected chi connectivity index (χ0v) is 10.8. The van der Waals surface area contributed by atoms with E-state index in [9.17, 15) is 9.90 Å². The normalized spacial score (nSPS) is 10.2. The largest absolute Gasteiger partial charge is 0.478 e. The van der Waals surface area contributed by atoms with Crippen molar-refractivity contribution in [3.8, 4) is 0 Å². The van der Waals surface area contributed by atoms with Gasteiger partial charge in [0.1, 0.15) is 0 Å². The molecule has 0 fully saturated rings. The lowest BCUT2D eigenvalue weighted by molar-refractivity contribution is 0.0698. The van der Waals surface area contributed by atoms with E-state index in [-0.39, 0.29) is 5.56 Å². The molecule has 0 aliphatic heterocycles. The van der Waals surface area contributed by atoms with E-state index in [4.69, 9.17) is 5.73 Å². The fraction of sp³-hybridized carbons (Fsp3) is 0.143. The molecule has 5 nitrogen and oxygen atoms in total. The van der Waals surface area contributed by atoms with E-state index >= 15 is 0 Å². The molecule has 0 bridgehead atoms. The first-order valence-electron chi connectivity index (χ1n) is 5.81. The first-order chi connectivity index (χ1) is 8.97. The van der Waals surface area contributed by atoms with Crippen molar-refractivity contribution in [2.45, 2.75) is 13.8 Å². The molecule has 0 aliphatic carbocycles. The Kier molecular flexibility index (Phi) is 3.37. The zero-order valence-electron chi connectivity index (χ0n) is 10.8. The van der Waals surface area contributed by atoms with Crippen LogP contribution in [0.1, 0.15) is 21.7 Å². The predicted octanol–water partition coefficient (Wildman–Crippen LogP) is 2.72. The molecule has 19 heavy (non-hydrogen) atoms. The highest BCUT2D eigenvalue weighted by molar-refractivity contribution is 5.96. The molecule has 0 atom stereocenters. The molecule has 98 valence electrons. The predicted molar refractivity (Wildman–Crippen MR) is 74.8 cm³/mol. The Hall–Kier alpha value is -2.56. The van der Waals surface area contributed by atoms with E-state index in [1.54, 1.807) is 12.1 Å². The van der Waals surface area contributed by atoms with E-state index in [2.05, 4.69) is 10.3 Å². The molecule has 5 heteroatoms. The van der Waals surface area contributed by atoms with Crippen LogP contribution in [-0.4, -0.2) is 16.1 Å². The third kappa shape index (κ3) is 2.82. The molecule has 0 spiro atoms. The van der Waals surface area contributed by atoms with E-state index in [0.29, 0.717) is 11.4 Å². The molecule has 0 radical (unpaired) electrons. The second-order valence-corrected chi connectivity index (χ2v) is 4.32. The number of carbonyl (C=O) groups is 1. The summed E-state index contributed by atoms with van der Waals surface area (Å²) < 4.78 is 0. The molecule has 2 rings (SSSR count). The maximum Gasteiger partial charge on any atom is 0.337 e. The van der Waals surface area contributed by atoms with Crippen LogP contribution < -0.4 is 11.1 Å². The molecule has 0 saturated heterocycles. The number of carboxylic acid groups (broad SMARTS) is 1. The number of nitrogens with zero attached hydrogens (tertiary/aromatic N) is 1. The number of aromatic nitrogens is 1. The molecule has 0 aliphatic rings. The molecule has 0 unspecified atom stereocenters. The number of nitrogens with two attached hydrogens (primary N) is 1. The van der Waals surface area contributed by atoms with E-state index in [1.165, 1.54) is 6.07 Å². The van der Waals surface area contributed by atoms with Crippen molar-refractivity contribution in [2.24, 2.45) is 0 Å². The number of nitrogen functional groups attached to an aromatic ring is 1. The lowest BCUT2D eigenvalue weighted by atomic mass is 10.1. The van der Waals surface area contributed by atoms with Gasteiger partial charge in [0, 0.05) is 11.4 Å². The van der Waals surface area contributed by atoms with Gasteiger partial charge >= 0.3 is 5.97 Å². The minimum atomic E-state index is -1.02. The van der Waals surface area contributed by atoms with Crippen LogP contribution in [0.5, 0.6) is 0 Å². The summed E-state index contributed by atoms with van der Waals surface area (Å²) in [6, 6.07) is 8.48. The standard InChI is InChI=1S/C14H15N3O2/c1-8-3-5-12(9(2)16-8)17-13-6-4-10(15)7-11(13)14(18)19/h3-7,17H,15H2,1-2H3,(H,18,19). The average molecular weight is 257 g/mol. The van der Waals surface area contributed by atoms with Gasteiger partial charge in [0.15, 0.2) is 0 Å². The van der Waals surface area contributed by atoms with Gasteiger partial charge in [0.25, 0.3) is 0 Å². The monoisotopic (exact) mass is 257 g/mol. The van der Waals surface area contributed by atoms with Crippen LogP contribution in [0.3, 0.4) is 0 Å². The fourth-order valence-electron chi connectivity index (χ4n) is 1.81. The number of hydrogen-bond donors (Lipinski definition) is 3. The summed E-state index contributed by atoms with van der Waals surface area (Å²) in [5.41, 5.74) is 9.16. The summed E-state index contributed by atoms with van der Waals surface area (Å²) in [7, 11) is 0. The summed E-state index contributed by atoms with van der Waals surface area (Å²) >= 11 is 0. The van der Waals surface area contributed by atoms with Gasteiger partial charge in [-0.05, 0) is 44.2 Å². The number of anilines is 3. The Balaban J connectivity index is 2.40. The highest BCUT2D eigenvalue weighted by Gasteiger charge is 2.11. The molecule has 1 aromatic carbocycles. The lowest BCUT2D eigenvalue weighted by Crippen LogP contribution is -2.05. The number of rotatable bonds is 3. The van der Waals surface area contributed by atoms with Crippen molar-refractivity contribution in [3.05, 3.63) is 47.3 Å². The molecule has 0 saturated carbocycles. The van der Waals surface area contributed by atoms with Crippen LogP contribution in [0.15, 0.2) is 30.3 Å². The molecule has 4 N–H and O–H groups in total. The van der Waals surface area contributed by atoms with Crippen molar-refractivity contribution in [1.29, 1.82) is 0 Å². The highest BCUT2D eigenvalue weighted by atomic mass is 16.4. The van der Waals surface area contributed by atoms with E-state index < -0.39 is 5.97 Å². The number of aryl methyl sites for hydroxylation is 2. The summed E-state index contributed by atoms with van der Waals surface area (Å²) in [5, 5.41) is 12.2. The summed E-state index contributed by atoms with van der Waals surface area (Å²) in [6.07, 6.45) is 0. The van der Waals surface area contributed by atoms with Gasteiger partial charge in [-0.25, -0.2) is 4.79 Å². The third-order valence-electron chi connectivity index (χ3n) is 2.77. The molecule has 2 aromatic rings. The number of carboxylic acids is 1. The Morgan fingerprint density at radius 2 is 1.89 bits per heavy atom. The van der Waals surface area contributed by atoms with Gasteiger partial charge < -0.3 is 16.2 Å². The van der Waals surface area contributed by atoms with Crippen LogP contribution in [0, 0.1) is 13.8 Å². The van der Waals surface area contributed by atoms with Crippen LogP contribution >= 0.6 is 0 Å². The maximum absolute atomic E-state index is 11.2.